The number of carbonyl (C=O) groups is 2. The molecule has 36 heavy (non-hydrogen) atoms. The van der Waals surface area contributed by atoms with Gasteiger partial charge in [0.15, 0.2) is 0 Å². The predicted molar refractivity (Wildman–Crippen MR) is 139 cm³/mol. The normalized spacial score (nSPS) is 12.7. The molecule has 190 valence electrons. The van der Waals surface area contributed by atoms with E-state index in [1.807, 2.05) is 63.2 Å². The molecule has 0 fully saturated rings. The number of rotatable bonds is 10. The maximum Gasteiger partial charge on any atom is 0.343 e. The van der Waals surface area contributed by atoms with Crippen molar-refractivity contribution in [2.24, 2.45) is 5.73 Å². The highest BCUT2D eigenvalue weighted by atomic mass is 16.4. The third-order valence-electron chi connectivity index (χ3n) is 6.64. The summed E-state index contributed by atoms with van der Waals surface area (Å²) >= 11 is 0. The van der Waals surface area contributed by atoms with Gasteiger partial charge in [0.05, 0.1) is 17.8 Å². The van der Waals surface area contributed by atoms with E-state index >= 15 is 0 Å². The Kier molecular flexibility index (Phi) is 8.42. The SMILES string of the molecule is CC[C@](C)(c1nc(C)c(C(=O)O)c(=O)n1Cc1ccccc1)N(CCCN)C(=O)c1ccc(C)cc1. The summed E-state index contributed by atoms with van der Waals surface area (Å²) in [5, 5.41) is 9.74. The third-order valence-corrected chi connectivity index (χ3v) is 6.64. The quantitative estimate of drug-likeness (QED) is 0.447. The number of carboxylic acid groups (broad SMARTS) is 1. The zero-order valence-electron chi connectivity index (χ0n) is 21.3. The Bertz CT molecular complexity index is 1290. The van der Waals surface area contributed by atoms with Crippen LogP contribution in [0.15, 0.2) is 59.4 Å². The number of carbonyl (C=O) groups excluding carboxylic acids is 1. The third kappa shape index (κ3) is 5.39. The highest BCUT2D eigenvalue weighted by Gasteiger charge is 2.40. The lowest BCUT2D eigenvalue weighted by atomic mass is 9.92. The molecule has 8 heteroatoms. The first kappa shape index (κ1) is 26.8. The number of amides is 1. The second kappa shape index (κ2) is 11.3. The fourth-order valence-electron chi connectivity index (χ4n) is 4.37. The summed E-state index contributed by atoms with van der Waals surface area (Å²) in [5.41, 5.74) is 6.30. The molecule has 0 aliphatic carbocycles. The monoisotopic (exact) mass is 490 g/mol. The molecule has 0 radical (unpaired) electrons. The second-order valence-electron chi connectivity index (χ2n) is 9.17. The fourth-order valence-corrected chi connectivity index (χ4v) is 4.37. The lowest BCUT2D eigenvalue weighted by molar-refractivity contribution is 0.0445. The van der Waals surface area contributed by atoms with Crippen molar-refractivity contribution >= 4 is 11.9 Å². The van der Waals surface area contributed by atoms with Crippen molar-refractivity contribution in [3.63, 3.8) is 0 Å². The Morgan fingerprint density at radius 1 is 1.08 bits per heavy atom. The van der Waals surface area contributed by atoms with Gasteiger partial charge in [-0.1, -0.05) is 55.0 Å². The van der Waals surface area contributed by atoms with Crippen molar-refractivity contribution in [2.75, 3.05) is 13.1 Å². The molecule has 2 aromatic carbocycles. The topological polar surface area (TPSA) is 119 Å². The lowest BCUT2D eigenvalue weighted by Gasteiger charge is -2.41. The van der Waals surface area contributed by atoms with Gasteiger partial charge in [-0.15, -0.1) is 0 Å². The minimum absolute atomic E-state index is 0.119. The van der Waals surface area contributed by atoms with Crippen molar-refractivity contribution in [3.8, 4) is 0 Å². The molecular formula is C28H34N4O4. The second-order valence-corrected chi connectivity index (χ2v) is 9.17. The number of nitrogens with zero attached hydrogens (tertiary/aromatic N) is 3. The van der Waals surface area contributed by atoms with Crippen LogP contribution in [0.5, 0.6) is 0 Å². The molecule has 0 bridgehead atoms. The predicted octanol–water partition coefficient (Wildman–Crippen LogP) is 3.72. The average molecular weight is 491 g/mol. The van der Waals surface area contributed by atoms with Crippen LogP contribution in [0.3, 0.4) is 0 Å². The van der Waals surface area contributed by atoms with Crippen molar-refractivity contribution in [1.82, 2.24) is 14.5 Å². The molecule has 0 saturated heterocycles. The number of hydrogen-bond donors (Lipinski definition) is 2. The number of carboxylic acids is 1. The molecule has 8 nitrogen and oxygen atoms in total. The molecule has 3 aromatic rings. The molecule has 3 N–H and O–H groups in total. The van der Waals surface area contributed by atoms with Crippen molar-refractivity contribution in [2.45, 2.75) is 52.6 Å². The Morgan fingerprint density at radius 2 is 1.72 bits per heavy atom. The van der Waals surface area contributed by atoms with E-state index in [1.54, 1.807) is 17.0 Å². The van der Waals surface area contributed by atoms with Crippen molar-refractivity contribution in [3.05, 3.63) is 98.7 Å². The van der Waals surface area contributed by atoms with Gasteiger partial charge in [-0.3, -0.25) is 14.2 Å². The van der Waals surface area contributed by atoms with Crippen LogP contribution in [0.1, 0.15) is 70.1 Å². The number of aromatic carboxylic acids is 1. The van der Waals surface area contributed by atoms with Crippen molar-refractivity contribution < 1.29 is 14.7 Å². The van der Waals surface area contributed by atoms with E-state index in [1.165, 1.54) is 11.5 Å². The Morgan fingerprint density at radius 3 is 2.28 bits per heavy atom. The lowest BCUT2D eigenvalue weighted by Crippen LogP contribution is -2.52. The van der Waals surface area contributed by atoms with Crippen LogP contribution >= 0.6 is 0 Å². The van der Waals surface area contributed by atoms with E-state index in [2.05, 4.69) is 4.98 Å². The Labute approximate surface area is 211 Å². The van der Waals surface area contributed by atoms with E-state index in [0.29, 0.717) is 37.3 Å². The molecule has 1 heterocycles. The van der Waals surface area contributed by atoms with Crippen LogP contribution in [0.2, 0.25) is 0 Å². The summed E-state index contributed by atoms with van der Waals surface area (Å²) in [7, 11) is 0. The maximum absolute atomic E-state index is 13.8. The zero-order chi connectivity index (χ0) is 26.5. The van der Waals surface area contributed by atoms with Crippen LogP contribution in [0, 0.1) is 13.8 Å². The molecule has 1 aromatic heterocycles. The van der Waals surface area contributed by atoms with Gasteiger partial charge >= 0.3 is 5.97 Å². The number of nitrogens with two attached hydrogens (primary N) is 1. The van der Waals surface area contributed by atoms with E-state index in [4.69, 9.17) is 5.73 Å². The van der Waals surface area contributed by atoms with E-state index in [-0.39, 0.29) is 23.7 Å². The number of benzene rings is 2. The summed E-state index contributed by atoms with van der Waals surface area (Å²) in [6.07, 6.45) is 1.00. The Balaban J connectivity index is 2.26. The number of aromatic nitrogens is 2. The first-order valence-electron chi connectivity index (χ1n) is 12.1. The van der Waals surface area contributed by atoms with Crippen LogP contribution in [-0.2, 0) is 12.1 Å². The number of aryl methyl sites for hydroxylation is 2. The van der Waals surface area contributed by atoms with Gasteiger partial charge in [0.25, 0.3) is 11.5 Å². The van der Waals surface area contributed by atoms with E-state index in [9.17, 15) is 19.5 Å². The molecule has 3 rings (SSSR count). The summed E-state index contributed by atoms with van der Waals surface area (Å²) in [6, 6.07) is 16.6. The van der Waals surface area contributed by atoms with Gasteiger partial charge < -0.3 is 15.7 Å². The Hall–Kier alpha value is -3.78. The average Bonchev–Trinajstić information content (AvgIpc) is 2.86. The zero-order valence-corrected chi connectivity index (χ0v) is 21.3. The minimum Gasteiger partial charge on any atom is -0.477 e. The minimum atomic E-state index is -1.33. The maximum atomic E-state index is 13.8. The van der Waals surface area contributed by atoms with Crippen LogP contribution in [-0.4, -0.2) is 44.5 Å². The van der Waals surface area contributed by atoms with Crippen molar-refractivity contribution in [1.29, 1.82) is 0 Å². The molecule has 0 saturated carbocycles. The number of hydrogen-bond acceptors (Lipinski definition) is 5. The smallest absolute Gasteiger partial charge is 0.343 e. The molecule has 0 spiro atoms. The highest BCUT2D eigenvalue weighted by Crippen LogP contribution is 2.33. The van der Waals surface area contributed by atoms with Gasteiger partial charge in [0.2, 0.25) is 0 Å². The summed E-state index contributed by atoms with van der Waals surface area (Å²) in [4.78, 5) is 45.7. The largest absolute Gasteiger partial charge is 0.477 e. The van der Waals surface area contributed by atoms with Gasteiger partial charge in [-0.05, 0) is 57.9 Å². The van der Waals surface area contributed by atoms with Crippen LogP contribution < -0.4 is 11.3 Å². The molecule has 1 atom stereocenters. The molecule has 0 aliphatic rings. The molecule has 1 amide bonds. The summed E-state index contributed by atoms with van der Waals surface area (Å²) < 4.78 is 1.40. The van der Waals surface area contributed by atoms with Gasteiger partial charge in [0, 0.05) is 12.1 Å². The van der Waals surface area contributed by atoms with E-state index in [0.717, 1.165) is 11.1 Å². The van der Waals surface area contributed by atoms with Gasteiger partial charge in [0.1, 0.15) is 11.4 Å². The fraction of sp³-hybridized carbons (Fsp3) is 0.357. The summed E-state index contributed by atoms with van der Waals surface area (Å²) in [5.74, 6) is -1.18. The van der Waals surface area contributed by atoms with Crippen LogP contribution in [0.25, 0.3) is 0 Å². The summed E-state index contributed by atoms with van der Waals surface area (Å²) in [6.45, 7) is 8.14. The standard InChI is InChI=1S/C28H34N4O4/c1-5-28(4,32(17-9-16-29)24(33)22-14-12-19(2)13-15-22)27-30-20(3)23(26(35)36)25(34)31(27)18-21-10-7-6-8-11-21/h6-8,10-15H,5,9,16-18,29H2,1-4H3,(H,35,36)/t28-/m1/s1. The molecule has 0 unspecified atom stereocenters. The van der Waals surface area contributed by atoms with E-state index < -0.39 is 17.1 Å². The molecule has 0 aliphatic heterocycles. The first-order chi connectivity index (χ1) is 17.1. The molecular weight excluding hydrogens is 456 g/mol. The van der Waals surface area contributed by atoms with Gasteiger partial charge in [-0.2, -0.15) is 0 Å². The van der Waals surface area contributed by atoms with Gasteiger partial charge in [-0.25, -0.2) is 9.78 Å². The van der Waals surface area contributed by atoms with Crippen LogP contribution in [0.4, 0.5) is 0 Å². The first-order valence-corrected chi connectivity index (χ1v) is 12.1. The highest BCUT2D eigenvalue weighted by molar-refractivity contribution is 5.95.